The van der Waals surface area contributed by atoms with Gasteiger partial charge in [-0.15, -0.1) is 0 Å². The third-order valence-corrected chi connectivity index (χ3v) is 1.45. The Bertz CT molecular complexity index is 319. The van der Waals surface area contributed by atoms with E-state index < -0.39 is 5.97 Å². The van der Waals surface area contributed by atoms with Crippen molar-refractivity contribution in [3.63, 3.8) is 0 Å². The van der Waals surface area contributed by atoms with Crippen LogP contribution in [-0.4, -0.2) is 22.8 Å². The monoisotopic (exact) mass is 182 g/mol. The summed E-state index contributed by atoms with van der Waals surface area (Å²) in [5, 5.41) is 17.8. The van der Waals surface area contributed by atoms with Crippen LogP contribution in [0.15, 0.2) is 18.2 Å². The molecule has 0 aliphatic heterocycles. The molecule has 2 N–H and O–H groups in total. The van der Waals surface area contributed by atoms with E-state index in [-0.39, 0.29) is 11.3 Å². The summed E-state index contributed by atoms with van der Waals surface area (Å²) in [6, 6.07) is 3.91. The molecule has 70 valence electrons. The smallest absolute Gasteiger partial charge is 0.335 e. The molecule has 0 aliphatic rings. The average molecular weight is 182 g/mol. The number of phenols is 1. The highest BCUT2D eigenvalue weighted by molar-refractivity contribution is 5.88. The Labute approximate surface area is 75.4 Å². The zero-order valence-corrected chi connectivity index (χ0v) is 7.15. The van der Waals surface area contributed by atoms with Crippen molar-refractivity contribution in [1.82, 2.24) is 0 Å². The number of ether oxygens (including phenoxy) is 1. The number of aromatic hydroxyl groups is 1. The topological polar surface area (TPSA) is 66.8 Å². The molecule has 0 spiro atoms. The number of aromatic carboxylic acids is 1. The van der Waals surface area contributed by atoms with Crippen molar-refractivity contribution in [2.45, 2.75) is 6.92 Å². The summed E-state index contributed by atoms with van der Waals surface area (Å²) in [4.78, 5) is 10.5. The first-order chi connectivity index (χ1) is 6.13. The SMILES string of the molecule is CCOc1cc(O)cc(C(=O)O)c1. The quantitative estimate of drug-likeness (QED) is 0.743. The fraction of sp³-hybridized carbons (Fsp3) is 0.222. The van der Waals surface area contributed by atoms with Crippen molar-refractivity contribution in [3.8, 4) is 11.5 Å². The van der Waals surface area contributed by atoms with Crippen molar-refractivity contribution >= 4 is 5.97 Å². The third kappa shape index (κ3) is 2.37. The molecule has 0 unspecified atom stereocenters. The molecule has 0 aliphatic carbocycles. The van der Waals surface area contributed by atoms with Gasteiger partial charge in [-0.1, -0.05) is 0 Å². The van der Waals surface area contributed by atoms with Crippen LogP contribution >= 0.6 is 0 Å². The van der Waals surface area contributed by atoms with Gasteiger partial charge in [0.15, 0.2) is 0 Å². The van der Waals surface area contributed by atoms with Crippen molar-refractivity contribution < 1.29 is 19.7 Å². The normalized spacial score (nSPS) is 9.62. The van der Waals surface area contributed by atoms with Crippen LogP contribution in [0, 0.1) is 0 Å². The summed E-state index contributed by atoms with van der Waals surface area (Å²) in [5.74, 6) is -0.833. The number of rotatable bonds is 3. The van der Waals surface area contributed by atoms with Gasteiger partial charge in [-0.2, -0.15) is 0 Å². The van der Waals surface area contributed by atoms with E-state index in [2.05, 4.69) is 0 Å². The molecule has 0 aromatic heterocycles. The Morgan fingerprint density at radius 2 is 2.15 bits per heavy atom. The van der Waals surface area contributed by atoms with Crippen LogP contribution in [0.1, 0.15) is 17.3 Å². The second-order valence-electron chi connectivity index (χ2n) is 2.45. The van der Waals surface area contributed by atoms with Gasteiger partial charge in [0, 0.05) is 6.07 Å². The minimum atomic E-state index is -1.09. The molecule has 0 saturated carbocycles. The predicted molar refractivity (Wildman–Crippen MR) is 46.2 cm³/mol. The molecular formula is C9H10O4. The lowest BCUT2D eigenvalue weighted by Gasteiger charge is -2.04. The molecule has 0 saturated heterocycles. The molecule has 1 aromatic rings. The first kappa shape index (κ1) is 9.38. The minimum absolute atomic E-state index is 0.0171. The van der Waals surface area contributed by atoms with Crippen molar-refractivity contribution in [1.29, 1.82) is 0 Å². The molecule has 4 nitrogen and oxygen atoms in total. The van der Waals surface area contributed by atoms with Crippen LogP contribution < -0.4 is 4.74 Å². The summed E-state index contributed by atoms with van der Waals surface area (Å²) in [6.07, 6.45) is 0. The zero-order valence-electron chi connectivity index (χ0n) is 7.15. The van der Waals surface area contributed by atoms with Crippen LogP contribution in [0.5, 0.6) is 11.5 Å². The maximum Gasteiger partial charge on any atom is 0.335 e. The lowest BCUT2D eigenvalue weighted by molar-refractivity contribution is 0.0696. The maximum absolute atomic E-state index is 10.5. The van der Waals surface area contributed by atoms with Gasteiger partial charge in [0.05, 0.1) is 12.2 Å². The van der Waals surface area contributed by atoms with Crippen LogP contribution in [0.25, 0.3) is 0 Å². The number of carboxylic acids is 1. The molecule has 13 heavy (non-hydrogen) atoms. The number of benzene rings is 1. The van der Waals surface area contributed by atoms with Gasteiger partial charge in [-0.3, -0.25) is 0 Å². The summed E-state index contributed by atoms with van der Waals surface area (Å²) >= 11 is 0. The largest absolute Gasteiger partial charge is 0.508 e. The minimum Gasteiger partial charge on any atom is -0.508 e. The lowest BCUT2D eigenvalue weighted by atomic mass is 10.2. The van der Waals surface area contributed by atoms with E-state index in [0.717, 1.165) is 0 Å². The van der Waals surface area contributed by atoms with Crippen molar-refractivity contribution in [3.05, 3.63) is 23.8 Å². The van der Waals surface area contributed by atoms with Crippen LogP contribution in [0.2, 0.25) is 0 Å². The van der Waals surface area contributed by atoms with Gasteiger partial charge < -0.3 is 14.9 Å². The summed E-state index contributed by atoms with van der Waals surface area (Å²) in [5.41, 5.74) is 0.0171. The Hall–Kier alpha value is -1.71. The predicted octanol–water partition coefficient (Wildman–Crippen LogP) is 1.49. The Morgan fingerprint density at radius 1 is 1.46 bits per heavy atom. The van der Waals surface area contributed by atoms with E-state index in [1.54, 1.807) is 6.92 Å². The molecule has 0 heterocycles. The van der Waals surface area contributed by atoms with Gasteiger partial charge in [0.2, 0.25) is 0 Å². The fourth-order valence-corrected chi connectivity index (χ4v) is 0.957. The number of carbonyl (C=O) groups is 1. The molecular weight excluding hydrogens is 172 g/mol. The Morgan fingerprint density at radius 3 is 2.69 bits per heavy atom. The summed E-state index contributed by atoms with van der Waals surface area (Å²) in [6.45, 7) is 2.22. The van der Waals surface area contributed by atoms with E-state index in [1.807, 2.05) is 0 Å². The standard InChI is InChI=1S/C9H10O4/c1-2-13-8-4-6(9(11)12)3-7(10)5-8/h3-5,10H,2H2,1H3,(H,11,12). The number of phenolic OH excluding ortho intramolecular Hbond substituents is 1. The average Bonchev–Trinajstić information content (AvgIpc) is 2.03. The second-order valence-corrected chi connectivity index (χ2v) is 2.45. The molecule has 4 heteroatoms. The molecule has 0 atom stereocenters. The molecule has 0 amide bonds. The maximum atomic E-state index is 10.5. The highest BCUT2D eigenvalue weighted by Crippen LogP contribution is 2.21. The van der Waals surface area contributed by atoms with E-state index in [0.29, 0.717) is 12.4 Å². The van der Waals surface area contributed by atoms with E-state index in [1.165, 1.54) is 18.2 Å². The van der Waals surface area contributed by atoms with E-state index >= 15 is 0 Å². The van der Waals surface area contributed by atoms with E-state index in [9.17, 15) is 4.79 Å². The third-order valence-electron chi connectivity index (χ3n) is 1.45. The van der Waals surface area contributed by atoms with E-state index in [4.69, 9.17) is 14.9 Å². The van der Waals surface area contributed by atoms with Gasteiger partial charge >= 0.3 is 5.97 Å². The van der Waals surface area contributed by atoms with Crippen LogP contribution in [0.3, 0.4) is 0 Å². The van der Waals surface area contributed by atoms with Crippen molar-refractivity contribution in [2.24, 2.45) is 0 Å². The van der Waals surface area contributed by atoms with Gasteiger partial charge in [0.1, 0.15) is 11.5 Å². The number of carboxylic acid groups (broad SMARTS) is 1. The van der Waals surface area contributed by atoms with Gasteiger partial charge in [-0.25, -0.2) is 4.79 Å². The zero-order chi connectivity index (χ0) is 9.84. The highest BCUT2D eigenvalue weighted by Gasteiger charge is 2.06. The number of hydrogen-bond acceptors (Lipinski definition) is 3. The fourth-order valence-electron chi connectivity index (χ4n) is 0.957. The first-order valence-electron chi connectivity index (χ1n) is 3.83. The molecule has 0 bridgehead atoms. The highest BCUT2D eigenvalue weighted by atomic mass is 16.5. The van der Waals surface area contributed by atoms with Crippen molar-refractivity contribution in [2.75, 3.05) is 6.61 Å². The molecule has 0 radical (unpaired) electrons. The Kier molecular flexibility index (Phi) is 2.74. The molecule has 1 rings (SSSR count). The van der Waals surface area contributed by atoms with Gasteiger partial charge in [-0.05, 0) is 19.1 Å². The summed E-state index contributed by atoms with van der Waals surface area (Å²) < 4.78 is 5.05. The molecule has 1 aromatic carbocycles. The Balaban J connectivity index is 3.03. The lowest BCUT2D eigenvalue weighted by Crippen LogP contribution is -1.98. The van der Waals surface area contributed by atoms with Crippen LogP contribution in [-0.2, 0) is 0 Å². The van der Waals surface area contributed by atoms with Crippen LogP contribution in [0.4, 0.5) is 0 Å². The first-order valence-corrected chi connectivity index (χ1v) is 3.83. The molecule has 0 fully saturated rings. The number of hydrogen-bond donors (Lipinski definition) is 2. The second kappa shape index (κ2) is 3.80. The van der Waals surface area contributed by atoms with Gasteiger partial charge in [0.25, 0.3) is 0 Å². The summed E-state index contributed by atoms with van der Waals surface area (Å²) in [7, 11) is 0.